The Morgan fingerprint density at radius 2 is 2.18 bits per heavy atom. The van der Waals surface area contributed by atoms with Crippen molar-refractivity contribution in [1.82, 2.24) is 4.57 Å². The zero-order valence-electron chi connectivity index (χ0n) is 9.97. The van der Waals surface area contributed by atoms with E-state index in [9.17, 15) is 5.11 Å². The van der Waals surface area contributed by atoms with Gasteiger partial charge >= 0.3 is 0 Å². The molecule has 0 fully saturated rings. The van der Waals surface area contributed by atoms with Crippen molar-refractivity contribution in [1.29, 1.82) is 0 Å². The van der Waals surface area contributed by atoms with Crippen LogP contribution in [0.25, 0.3) is 0 Å². The number of benzene rings is 1. The predicted octanol–water partition coefficient (Wildman–Crippen LogP) is 2.35. The molecular weight excluding hydrogens is 216 g/mol. The number of methoxy groups -OCH3 is 1. The highest BCUT2D eigenvalue weighted by Crippen LogP contribution is 2.28. The van der Waals surface area contributed by atoms with E-state index in [0.29, 0.717) is 5.75 Å². The van der Waals surface area contributed by atoms with Gasteiger partial charge in [-0.25, -0.2) is 0 Å². The predicted molar refractivity (Wildman–Crippen MR) is 67.4 cm³/mol. The normalized spacial score (nSPS) is 10.2. The Morgan fingerprint density at radius 3 is 2.76 bits per heavy atom. The summed E-state index contributed by atoms with van der Waals surface area (Å²) in [5.41, 5.74) is 2.05. The molecule has 0 bridgehead atoms. The molecule has 0 spiro atoms. The highest BCUT2D eigenvalue weighted by molar-refractivity contribution is 5.54. The van der Waals surface area contributed by atoms with Crippen LogP contribution in [0.2, 0.25) is 0 Å². The van der Waals surface area contributed by atoms with Crippen molar-refractivity contribution < 1.29 is 9.84 Å². The molecule has 0 radical (unpaired) electrons. The van der Waals surface area contributed by atoms with Crippen molar-refractivity contribution >= 4 is 5.69 Å². The molecule has 0 amide bonds. The van der Waals surface area contributed by atoms with Gasteiger partial charge in [0.1, 0.15) is 0 Å². The van der Waals surface area contributed by atoms with Crippen LogP contribution in [0.4, 0.5) is 5.69 Å². The van der Waals surface area contributed by atoms with Gasteiger partial charge in [-0.15, -0.1) is 0 Å². The Balaban J connectivity index is 2.05. The smallest absolute Gasteiger partial charge is 0.160 e. The van der Waals surface area contributed by atoms with Crippen molar-refractivity contribution in [2.24, 2.45) is 7.05 Å². The van der Waals surface area contributed by atoms with Crippen LogP contribution < -0.4 is 10.1 Å². The number of aromatic nitrogens is 1. The number of hydrogen-bond donors (Lipinski definition) is 2. The Kier molecular flexibility index (Phi) is 3.23. The van der Waals surface area contributed by atoms with E-state index in [2.05, 4.69) is 16.0 Å². The Morgan fingerprint density at radius 1 is 1.35 bits per heavy atom. The second-order valence-corrected chi connectivity index (χ2v) is 3.85. The number of ether oxygens (including phenoxy) is 1. The van der Waals surface area contributed by atoms with Crippen LogP contribution in [0.5, 0.6) is 11.5 Å². The van der Waals surface area contributed by atoms with E-state index in [1.165, 1.54) is 12.8 Å². The Labute approximate surface area is 100 Å². The fourth-order valence-electron chi connectivity index (χ4n) is 1.67. The summed E-state index contributed by atoms with van der Waals surface area (Å²) in [6, 6.07) is 9.32. The Hall–Kier alpha value is -2.10. The summed E-state index contributed by atoms with van der Waals surface area (Å²) in [5, 5.41) is 12.9. The standard InChI is InChI=1S/C13H16N2O2/c1-15-7-3-4-11(15)9-14-10-5-6-13(17-2)12(16)8-10/h3-8,14,16H,9H2,1-2H3. The number of phenolic OH excluding ortho intramolecular Hbond substituents is 1. The molecule has 1 aromatic carbocycles. The van der Waals surface area contributed by atoms with E-state index in [-0.39, 0.29) is 5.75 Å². The molecule has 0 aliphatic heterocycles. The van der Waals surface area contributed by atoms with Gasteiger partial charge in [-0.3, -0.25) is 0 Å². The molecule has 1 heterocycles. The molecule has 2 aromatic rings. The van der Waals surface area contributed by atoms with Gasteiger partial charge in [0.15, 0.2) is 11.5 Å². The molecule has 0 unspecified atom stereocenters. The lowest BCUT2D eigenvalue weighted by molar-refractivity contribution is 0.373. The van der Waals surface area contributed by atoms with E-state index in [0.717, 1.165) is 12.2 Å². The number of anilines is 1. The molecule has 0 saturated carbocycles. The van der Waals surface area contributed by atoms with E-state index >= 15 is 0 Å². The summed E-state index contributed by atoms with van der Waals surface area (Å²) >= 11 is 0. The molecule has 17 heavy (non-hydrogen) atoms. The zero-order valence-corrected chi connectivity index (χ0v) is 9.97. The van der Waals surface area contributed by atoms with E-state index < -0.39 is 0 Å². The highest BCUT2D eigenvalue weighted by atomic mass is 16.5. The summed E-state index contributed by atoms with van der Waals surface area (Å²) in [7, 11) is 3.54. The van der Waals surface area contributed by atoms with Crippen LogP contribution in [0.15, 0.2) is 36.5 Å². The van der Waals surface area contributed by atoms with Gasteiger partial charge in [0, 0.05) is 30.7 Å². The molecule has 0 saturated heterocycles. The fourth-order valence-corrected chi connectivity index (χ4v) is 1.67. The molecular formula is C13H16N2O2. The summed E-state index contributed by atoms with van der Waals surface area (Å²) in [5.74, 6) is 0.624. The molecule has 2 N–H and O–H groups in total. The van der Waals surface area contributed by atoms with Gasteiger partial charge in [-0.05, 0) is 24.3 Å². The molecule has 2 rings (SSSR count). The monoisotopic (exact) mass is 232 g/mol. The molecule has 0 aliphatic rings. The minimum Gasteiger partial charge on any atom is -0.504 e. The van der Waals surface area contributed by atoms with Crippen molar-refractivity contribution in [2.45, 2.75) is 6.54 Å². The summed E-state index contributed by atoms with van der Waals surface area (Å²) in [6.45, 7) is 0.718. The lowest BCUT2D eigenvalue weighted by atomic mass is 10.2. The molecule has 0 aliphatic carbocycles. The maximum Gasteiger partial charge on any atom is 0.160 e. The van der Waals surface area contributed by atoms with Gasteiger partial charge in [0.05, 0.1) is 13.7 Å². The Bertz CT molecular complexity index is 506. The highest BCUT2D eigenvalue weighted by Gasteiger charge is 2.02. The van der Waals surface area contributed by atoms with Gasteiger partial charge < -0.3 is 19.7 Å². The average molecular weight is 232 g/mol. The first-order chi connectivity index (χ1) is 8.20. The largest absolute Gasteiger partial charge is 0.504 e. The molecule has 4 heteroatoms. The van der Waals surface area contributed by atoms with Crippen LogP contribution in [0, 0.1) is 0 Å². The second kappa shape index (κ2) is 4.82. The van der Waals surface area contributed by atoms with Crippen LogP contribution in [-0.2, 0) is 13.6 Å². The number of aryl methyl sites for hydroxylation is 1. The first kappa shape index (κ1) is 11.4. The lowest BCUT2D eigenvalue weighted by Crippen LogP contribution is -2.03. The van der Waals surface area contributed by atoms with Crippen molar-refractivity contribution in [3.05, 3.63) is 42.2 Å². The van der Waals surface area contributed by atoms with Crippen molar-refractivity contribution in [3.63, 3.8) is 0 Å². The van der Waals surface area contributed by atoms with Crippen LogP contribution >= 0.6 is 0 Å². The average Bonchev–Trinajstić information content (AvgIpc) is 2.72. The minimum atomic E-state index is 0.143. The first-order valence-electron chi connectivity index (χ1n) is 5.42. The van der Waals surface area contributed by atoms with E-state index in [1.54, 1.807) is 12.1 Å². The third-order valence-corrected chi connectivity index (χ3v) is 2.70. The van der Waals surface area contributed by atoms with Gasteiger partial charge in [-0.1, -0.05) is 0 Å². The number of hydrogen-bond acceptors (Lipinski definition) is 3. The fraction of sp³-hybridized carbons (Fsp3) is 0.231. The summed E-state index contributed by atoms with van der Waals surface area (Å²) < 4.78 is 7.04. The van der Waals surface area contributed by atoms with E-state index in [4.69, 9.17) is 4.74 Å². The zero-order chi connectivity index (χ0) is 12.3. The summed E-state index contributed by atoms with van der Waals surface area (Å²) in [6.07, 6.45) is 2.00. The maximum atomic E-state index is 9.63. The molecule has 0 atom stereocenters. The maximum absolute atomic E-state index is 9.63. The SMILES string of the molecule is COc1ccc(NCc2cccn2C)cc1O. The number of nitrogens with one attached hydrogen (secondary N) is 1. The van der Waals surface area contributed by atoms with Crippen LogP contribution in [0.1, 0.15) is 5.69 Å². The number of rotatable bonds is 4. The topological polar surface area (TPSA) is 46.4 Å². The number of nitrogens with zero attached hydrogens (tertiary/aromatic N) is 1. The van der Waals surface area contributed by atoms with E-state index in [1.807, 2.05) is 25.4 Å². The lowest BCUT2D eigenvalue weighted by Gasteiger charge is -2.09. The van der Waals surface area contributed by atoms with Crippen molar-refractivity contribution in [3.8, 4) is 11.5 Å². The van der Waals surface area contributed by atoms with Gasteiger partial charge in [0.2, 0.25) is 0 Å². The molecule has 4 nitrogen and oxygen atoms in total. The first-order valence-corrected chi connectivity index (χ1v) is 5.42. The van der Waals surface area contributed by atoms with Gasteiger partial charge in [-0.2, -0.15) is 0 Å². The molecule has 90 valence electrons. The number of aromatic hydroxyl groups is 1. The third kappa shape index (κ3) is 2.53. The molecule has 1 aromatic heterocycles. The quantitative estimate of drug-likeness (QED) is 0.850. The second-order valence-electron chi connectivity index (χ2n) is 3.85. The van der Waals surface area contributed by atoms with Crippen LogP contribution in [-0.4, -0.2) is 16.8 Å². The number of phenols is 1. The van der Waals surface area contributed by atoms with Crippen LogP contribution in [0.3, 0.4) is 0 Å². The van der Waals surface area contributed by atoms with Gasteiger partial charge in [0.25, 0.3) is 0 Å². The minimum absolute atomic E-state index is 0.143. The third-order valence-electron chi connectivity index (χ3n) is 2.70. The van der Waals surface area contributed by atoms with Crippen molar-refractivity contribution in [2.75, 3.05) is 12.4 Å². The summed E-state index contributed by atoms with van der Waals surface area (Å²) in [4.78, 5) is 0.